The number of piperidine rings is 1. The molecule has 156 valence electrons. The van der Waals surface area contributed by atoms with Gasteiger partial charge in [-0.15, -0.1) is 0 Å². The van der Waals surface area contributed by atoms with Gasteiger partial charge in [-0.05, 0) is 45.1 Å². The number of hydrogen-bond donors (Lipinski definition) is 0. The Morgan fingerprint density at radius 3 is 2.66 bits per heavy atom. The predicted molar refractivity (Wildman–Crippen MR) is 108 cm³/mol. The van der Waals surface area contributed by atoms with Crippen molar-refractivity contribution in [3.8, 4) is 0 Å². The molecule has 1 unspecified atom stereocenters. The average molecular weight is 420 g/mol. The number of hydrogen-bond acceptors (Lipinski definition) is 7. The quantitative estimate of drug-likeness (QED) is 0.525. The van der Waals surface area contributed by atoms with Crippen molar-refractivity contribution in [3.63, 3.8) is 0 Å². The largest absolute Gasteiger partial charge is 0.466 e. The minimum Gasteiger partial charge on any atom is -0.466 e. The minimum absolute atomic E-state index is 0.182. The van der Waals surface area contributed by atoms with Crippen molar-refractivity contribution in [2.24, 2.45) is 5.92 Å². The molecule has 2 aromatic heterocycles. The molecule has 0 N–H and O–H groups in total. The van der Waals surface area contributed by atoms with Gasteiger partial charge >= 0.3 is 11.9 Å². The number of ether oxygens (including phenoxy) is 2. The van der Waals surface area contributed by atoms with E-state index in [0.29, 0.717) is 43.2 Å². The second-order valence-corrected chi connectivity index (χ2v) is 7.58. The summed E-state index contributed by atoms with van der Waals surface area (Å²) in [5.41, 5.74) is 0.826. The Bertz CT molecular complexity index is 905. The Morgan fingerprint density at radius 2 is 2.00 bits per heavy atom. The molecule has 0 spiro atoms. The third-order valence-electron chi connectivity index (χ3n) is 4.95. The summed E-state index contributed by atoms with van der Waals surface area (Å²) in [6.45, 7) is 4.57. The van der Waals surface area contributed by atoms with E-state index < -0.39 is 12.1 Å². The highest BCUT2D eigenvalue weighted by atomic mass is 32.2. The van der Waals surface area contributed by atoms with Crippen LogP contribution in [-0.4, -0.2) is 64.2 Å². The van der Waals surface area contributed by atoms with Crippen LogP contribution in [-0.2, 0) is 19.1 Å². The van der Waals surface area contributed by atoms with Gasteiger partial charge in [0, 0.05) is 19.3 Å². The van der Waals surface area contributed by atoms with Crippen LogP contribution >= 0.6 is 11.8 Å². The van der Waals surface area contributed by atoms with Crippen LogP contribution in [0.1, 0.15) is 37.2 Å². The second-order valence-electron chi connectivity index (χ2n) is 6.80. The molecule has 8 nitrogen and oxygen atoms in total. The summed E-state index contributed by atoms with van der Waals surface area (Å²) in [4.78, 5) is 43.2. The number of carbonyl (C=O) groups excluding carboxylic acids is 3. The van der Waals surface area contributed by atoms with Crippen LogP contribution < -0.4 is 0 Å². The first-order valence-electron chi connectivity index (χ1n) is 9.63. The molecule has 0 aromatic carbocycles. The first-order chi connectivity index (χ1) is 14.0. The Kier molecular flexibility index (Phi) is 6.79. The van der Waals surface area contributed by atoms with Crippen LogP contribution in [0.15, 0.2) is 29.6 Å². The molecule has 0 saturated carbocycles. The van der Waals surface area contributed by atoms with Crippen molar-refractivity contribution in [1.82, 2.24) is 14.3 Å². The normalized spacial score (nSPS) is 15.9. The summed E-state index contributed by atoms with van der Waals surface area (Å²) >= 11 is 1.42. The van der Waals surface area contributed by atoms with E-state index >= 15 is 0 Å². The summed E-state index contributed by atoms with van der Waals surface area (Å²) in [5, 5.41) is 0.674. The number of amides is 1. The lowest BCUT2D eigenvalue weighted by Gasteiger charge is -2.32. The van der Waals surface area contributed by atoms with Gasteiger partial charge in [0.2, 0.25) is 0 Å². The van der Waals surface area contributed by atoms with Gasteiger partial charge in [0.15, 0.2) is 17.0 Å². The number of pyridine rings is 1. The lowest BCUT2D eigenvalue weighted by Crippen LogP contribution is -2.45. The van der Waals surface area contributed by atoms with Crippen LogP contribution in [0, 0.1) is 5.92 Å². The molecule has 3 heterocycles. The summed E-state index contributed by atoms with van der Waals surface area (Å²) in [6, 6.07) is 5.46. The Labute approximate surface area is 173 Å². The molecular weight excluding hydrogens is 394 g/mol. The minimum atomic E-state index is -0.931. The topological polar surface area (TPSA) is 90.2 Å². The Balaban J connectivity index is 1.62. The van der Waals surface area contributed by atoms with Crippen molar-refractivity contribution < 1.29 is 23.9 Å². The van der Waals surface area contributed by atoms with Gasteiger partial charge in [-0.3, -0.25) is 14.0 Å². The number of imidazole rings is 1. The zero-order valence-electron chi connectivity index (χ0n) is 16.8. The van der Waals surface area contributed by atoms with E-state index in [0.717, 1.165) is 0 Å². The summed E-state index contributed by atoms with van der Waals surface area (Å²) < 4.78 is 12.3. The van der Waals surface area contributed by atoms with Gasteiger partial charge < -0.3 is 14.4 Å². The maximum atomic E-state index is 12.7. The molecule has 1 fully saturated rings. The molecule has 1 aliphatic rings. The van der Waals surface area contributed by atoms with Gasteiger partial charge in [-0.25, -0.2) is 9.78 Å². The van der Waals surface area contributed by atoms with Gasteiger partial charge in [0.1, 0.15) is 0 Å². The van der Waals surface area contributed by atoms with E-state index in [1.807, 2.05) is 29.0 Å². The number of fused-ring (bicyclic) bond motifs is 1. The average Bonchev–Trinajstić information content (AvgIpc) is 3.12. The van der Waals surface area contributed by atoms with Crippen molar-refractivity contribution in [2.45, 2.75) is 37.9 Å². The zero-order chi connectivity index (χ0) is 21.0. The molecular formula is C20H25N3O5S. The number of thioether (sulfide) groups is 1. The van der Waals surface area contributed by atoms with Crippen LogP contribution in [0.2, 0.25) is 0 Å². The molecule has 29 heavy (non-hydrogen) atoms. The molecule has 3 rings (SSSR count). The number of esters is 2. The first-order valence-corrected chi connectivity index (χ1v) is 10.9. The molecule has 0 radical (unpaired) electrons. The highest BCUT2D eigenvalue weighted by molar-refractivity contribution is 7.98. The Morgan fingerprint density at radius 1 is 1.28 bits per heavy atom. The SMILES string of the molecule is CCOC(=O)C1CCN(C(=O)C(C)OC(=O)c2nc(SC)n3ccccc23)CC1. The van der Waals surface area contributed by atoms with E-state index in [1.165, 1.54) is 11.8 Å². The van der Waals surface area contributed by atoms with Gasteiger partial charge in [0.25, 0.3) is 5.91 Å². The van der Waals surface area contributed by atoms with E-state index in [4.69, 9.17) is 9.47 Å². The summed E-state index contributed by atoms with van der Waals surface area (Å²) in [7, 11) is 0. The molecule has 9 heteroatoms. The van der Waals surface area contributed by atoms with E-state index in [2.05, 4.69) is 4.98 Å². The molecule has 1 amide bonds. The Hall–Kier alpha value is -2.55. The first kappa shape index (κ1) is 21.2. The fourth-order valence-electron chi connectivity index (χ4n) is 3.42. The molecule has 2 aromatic rings. The fourth-order valence-corrected chi connectivity index (χ4v) is 3.96. The molecule has 1 atom stereocenters. The highest BCUT2D eigenvalue weighted by Crippen LogP contribution is 2.22. The number of likely N-dealkylation sites (tertiary alicyclic amines) is 1. The van der Waals surface area contributed by atoms with Crippen molar-refractivity contribution >= 4 is 35.1 Å². The molecule has 1 saturated heterocycles. The van der Waals surface area contributed by atoms with Crippen LogP contribution in [0.25, 0.3) is 5.52 Å². The zero-order valence-corrected chi connectivity index (χ0v) is 17.6. The van der Waals surface area contributed by atoms with Gasteiger partial charge in [-0.1, -0.05) is 17.8 Å². The van der Waals surface area contributed by atoms with Crippen LogP contribution in [0.4, 0.5) is 0 Å². The lowest BCUT2D eigenvalue weighted by molar-refractivity contribution is -0.152. The van der Waals surface area contributed by atoms with Crippen molar-refractivity contribution in [1.29, 1.82) is 0 Å². The number of carbonyl (C=O) groups is 3. The van der Waals surface area contributed by atoms with Crippen molar-refractivity contribution in [2.75, 3.05) is 26.0 Å². The van der Waals surface area contributed by atoms with Crippen LogP contribution in [0.3, 0.4) is 0 Å². The smallest absolute Gasteiger partial charge is 0.360 e. The van der Waals surface area contributed by atoms with Crippen LogP contribution in [0.5, 0.6) is 0 Å². The number of rotatable bonds is 6. The standard InChI is InChI=1S/C20H25N3O5S/c1-4-27-18(25)14-8-11-22(12-9-14)17(24)13(2)28-19(26)16-15-7-5-6-10-23(15)20(21-16)29-3/h5-7,10,13-14H,4,8-9,11-12H2,1-3H3. The highest BCUT2D eigenvalue weighted by Gasteiger charge is 2.32. The molecule has 0 bridgehead atoms. The maximum absolute atomic E-state index is 12.7. The summed E-state index contributed by atoms with van der Waals surface area (Å²) in [5.74, 6) is -1.29. The van der Waals surface area contributed by atoms with E-state index in [1.54, 1.807) is 24.8 Å². The number of nitrogens with zero attached hydrogens (tertiary/aromatic N) is 3. The molecule has 0 aliphatic carbocycles. The van der Waals surface area contributed by atoms with E-state index in [9.17, 15) is 14.4 Å². The summed E-state index contributed by atoms with van der Waals surface area (Å²) in [6.07, 6.45) is 3.87. The van der Waals surface area contributed by atoms with Gasteiger partial charge in [-0.2, -0.15) is 0 Å². The monoisotopic (exact) mass is 419 g/mol. The molecule has 1 aliphatic heterocycles. The maximum Gasteiger partial charge on any atom is 0.360 e. The van der Waals surface area contributed by atoms with Crippen molar-refractivity contribution in [3.05, 3.63) is 30.1 Å². The number of aromatic nitrogens is 2. The fraction of sp³-hybridized carbons (Fsp3) is 0.500. The third kappa shape index (κ3) is 4.55. The lowest BCUT2D eigenvalue weighted by atomic mass is 9.97. The van der Waals surface area contributed by atoms with E-state index in [-0.39, 0.29) is 23.5 Å². The predicted octanol–water partition coefficient (Wildman–Crippen LogP) is 2.40. The van der Waals surface area contributed by atoms with Gasteiger partial charge in [0.05, 0.1) is 18.0 Å². The second kappa shape index (κ2) is 9.30. The third-order valence-corrected chi connectivity index (χ3v) is 5.60.